The summed E-state index contributed by atoms with van der Waals surface area (Å²) in [5.74, 6) is 0. The van der Waals surface area contributed by atoms with E-state index in [0.717, 1.165) is 46.4 Å². The van der Waals surface area contributed by atoms with E-state index in [4.69, 9.17) is 0 Å². The fourth-order valence-electron chi connectivity index (χ4n) is 3.40. The van der Waals surface area contributed by atoms with E-state index in [9.17, 15) is 4.79 Å². The molecule has 1 aliphatic rings. The standard InChI is InChI=1S/C21H22BrN5O/c1-15-12-17(3-4-18(15)22)25-21(28)27-10-8-26(9-11-27)14-16-2-5-19-20(13-16)24-7-6-23-19/h2-7,12-13H,8-11,14H2,1H3,(H,25,28). The van der Waals surface area contributed by atoms with Gasteiger partial charge in [0.25, 0.3) is 0 Å². The first-order chi connectivity index (χ1) is 13.6. The Bertz CT molecular complexity index is 1000. The summed E-state index contributed by atoms with van der Waals surface area (Å²) in [5.41, 5.74) is 4.98. The molecule has 0 atom stereocenters. The number of carbonyl (C=O) groups excluding carboxylic acids is 1. The zero-order chi connectivity index (χ0) is 19.5. The summed E-state index contributed by atoms with van der Waals surface area (Å²) in [7, 11) is 0. The maximum absolute atomic E-state index is 12.5. The number of amides is 2. The Hall–Kier alpha value is -2.51. The summed E-state index contributed by atoms with van der Waals surface area (Å²) in [4.78, 5) is 25.5. The summed E-state index contributed by atoms with van der Waals surface area (Å²) < 4.78 is 1.04. The highest BCUT2D eigenvalue weighted by molar-refractivity contribution is 9.10. The Labute approximate surface area is 172 Å². The van der Waals surface area contributed by atoms with E-state index in [1.54, 1.807) is 12.4 Å². The van der Waals surface area contributed by atoms with Crippen molar-refractivity contribution in [3.63, 3.8) is 0 Å². The molecule has 0 unspecified atom stereocenters. The lowest BCUT2D eigenvalue weighted by molar-refractivity contribution is 0.143. The number of fused-ring (bicyclic) bond motifs is 1. The van der Waals surface area contributed by atoms with Gasteiger partial charge in [0.05, 0.1) is 11.0 Å². The van der Waals surface area contributed by atoms with Crippen LogP contribution in [-0.2, 0) is 6.54 Å². The van der Waals surface area contributed by atoms with Crippen molar-refractivity contribution in [2.24, 2.45) is 0 Å². The minimum absolute atomic E-state index is 0.0395. The topological polar surface area (TPSA) is 61.4 Å². The van der Waals surface area contributed by atoms with Crippen LogP contribution >= 0.6 is 15.9 Å². The van der Waals surface area contributed by atoms with Crippen molar-refractivity contribution in [3.8, 4) is 0 Å². The van der Waals surface area contributed by atoms with E-state index < -0.39 is 0 Å². The maximum Gasteiger partial charge on any atom is 0.321 e. The minimum atomic E-state index is -0.0395. The number of nitrogens with one attached hydrogen (secondary N) is 1. The van der Waals surface area contributed by atoms with Crippen LogP contribution in [0.4, 0.5) is 10.5 Å². The van der Waals surface area contributed by atoms with Crippen molar-refractivity contribution in [2.75, 3.05) is 31.5 Å². The van der Waals surface area contributed by atoms with E-state index in [-0.39, 0.29) is 6.03 Å². The van der Waals surface area contributed by atoms with Gasteiger partial charge in [0.2, 0.25) is 0 Å². The molecule has 28 heavy (non-hydrogen) atoms. The van der Waals surface area contributed by atoms with Crippen LogP contribution < -0.4 is 5.32 Å². The Morgan fingerprint density at radius 1 is 1.04 bits per heavy atom. The minimum Gasteiger partial charge on any atom is -0.322 e. The molecule has 2 amide bonds. The average Bonchev–Trinajstić information content (AvgIpc) is 2.71. The molecule has 4 rings (SSSR count). The molecule has 0 saturated carbocycles. The first-order valence-electron chi connectivity index (χ1n) is 9.32. The van der Waals surface area contributed by atoms with Crippen LogP contribution in [0.5, 0.6) is 0 Å². The van der Waals surface area contributed by atoms with Gasteiger partial charge in [-0.05, 0) is 48.4 Å². The second kappa shape index (κ2) is 8.24. The third kappa shape index (κ3) is 4.31. The fraction of sp³-hybridized carbons (Fsp3) is 0.286. The molecule has 2 aromatic carbocycles. The summed E-state index contributed by atoms with van der Waals surface area (Å²) in [5, 5.41) is 3.00. The van der Waals surface area contributed by atoms with Crippen molar-refractivity contribution in [1.82, 2.24) is 19.8 Å². The number of nitrogens with zero attached hydrogens (tertiary/aromatic N) is 4. The molecule has 0 spiro atoms. The SMILES string of the molecule is Cc1cc(NC(=O)N2CCN(Cc3ccc4nccnc4c3)CC2)ccc1Br. The van der Waals surface area contributed by atoms with Crippen LogP contribution in [0.25, 0.3) is 11.0 Å². The Kier molecular flexibility index (Phi) is 5.54. The normalized spacial score (nSPS) is 15.0. The van der Waals surface area contributed by atoms with Gasteiger partial charge in [0.15, 0.2) is 0 Å². The van der Waals surface area contributed by atoms with E-state index in [2.05, 4.69) is 48.2 Å². The molecule has 7 heteroatoms. The molecule has 1 fully saturated rings. The van der Waals surface area contributed by atoms with Gasteiger partial charge >= 0.3 is 6.03 Å². The van der Waals surface area contributed by atoms with Gasteiger partial charge in [0.1, 0.15) is 0 Å². The molecule has 1 aliphatic heterocycles. The van der Waals surface area contributed by atoms with Gasteiger partial charge in [-0.1, -0.05) is 22.0 Å². The Morgan fingerprint density at radius 2 is 1.79 bits per heavy atom. The van der Waals surface area contributed by atoms with Crippen molar-refractivity contribution in [2.45, 2.75) is 13.5 Å². The number of carbonyl (C=O) groups is 1. The first kappa shape index (κ1) is 18.8. The number of halogens is 1. The first-order valence-corrected chi connectivity index (χ1v) is 10.1. The van der Waals surface area contributed by atoms with Crippen LogP contribution in [0.2, 0.25) is 0 Å². The summed E-state index contributed by atoms with van der Waals surface area (Å²) >= 11 is 3.48. The van der Waals surface area contributed by atoms with Crippen LogP contribution in [0.1, 0.15) is 11.1 Å². The lowest BCUT2D eigenvalue weighted by atomic mass is 10.1. The second-order valence-corrected chi connectivity index (χ2v) is 7.89. The van der Waals surface area contributed by atoms with Gasteiger partial charge in [0, 0.05) is 55.3 Å². The predicted octanol–water partition coefficient (Wildman–Crippen LogP) is 4.05. The molecule has 2 heterocycles. The number of aromatic nitrogens is 2. The van der Waals surface area contributed by atoms with Crippen LogP contribution in [0, 0.1) is 6.92 Å². The van der Waals surface area contributed by atoms with Crippen LogP contribution in [-0.4, -0.2) is 52.0 Å². The van der Waals surface area contributed by atoms with Gasteiger partial charge in [-0.3, -0.25) is 14.9 Å². The number of hydrogen-bond donors (Lipinski definition) is 1. The van der Waals surface area contributed by atoms with Gasteiger partial charge in [-0.2, -0.15) is 0 Å². The highest BCUT2D eigenvalue weighted by atomic mass is 79.9. The zero-order valence-corrected chi connectivity index (χ0v) is 17.3. The summed E-state index contributed by atoms with van der Waals surface area (Å²) in [6.45, 7) is 6.00. The van der Waals surface area contributed by atoms with Crippen molar-refractivity contribution < 1.29 is 4.79 Å². The van der Waals surface area contributed by atoms with E-state index in [0.29, 0.717) is 13.1 Å². The predicted molar refractivity (Wildman–Crippen MR) is 114 cm³/mol. The molecule has 1 saturated heterocycles. The number of urea groups is 1. The van der Waals surface area contributed by atoms with Crippen molar-refractivity contribution in [3.05, 3.63) is 64.4 Å². The smallest absolute Gasteiger partial charge is 0.321 e. The molecule has 6 nitrogen and oxygen atoms in total. The molecule has 1 aromatic heterocycles. The monoisotopic (exact) mass is 439 g/mol. The lowest BCUT2D eigenvalue weighted by Crippen LogP contribution is -2.49. The van der Waals surface area contributed by atoms with Gasteiger partial charge in [-0.15, -0.1) is 0 Å². The lowest BCUT2D eigenvalue weighted by Gasteiger charge is -2.34. The van der Waals surface area contributed by atoms with Crippen LogP contribution in [0.3, 0.4) is 0 Å². The molecule has 0 aliphatic carbocycles. The van der Waals surface area contributed by atoms with E-state index in [1.165, 1.54) is 5.56 Å². The highest BCUT2D eigenvalue weighted by Crippen LogP contribution is 2.20. The Balaban J connectivity index is 1.32. The molecule has 144 valence electrons. The third-order valence-corrected chi connectivity index (χ3v) is 5.90. The molecular weight excluding hydrogens is 418 g/mol. The largest absolute Gasteiger partial charge is 0.322 e. The zero-order valence-electron chi connectivity index (χ0n) is 15.7. The number of benzene rings is 2. The summed E-state index contributed by atoms with van der Waals surface area (Å²) in [6, 6.07) is 12.0. The van der Waals surface area contributed by atoms with Crippen molar-refractivity contribution >= 4 is 38.7 Å². The Morgan fingerprint density at radius 3 is 2.54 bits per heavy atom. The van der Waals surface area contributed by atoms with E-state index >= 15 is 0 Å². The number of rotatable bonds is 3. The molecule has 0 radical (unpaired) electrons. The molecular formula is C21H22BrN5O. The average molecular weight is 440 g/mol. The van der Waals surface area contributed by atoms with E-state index in [1.807, 2.05) is 36.1 Å². The van der Waals surface area contributed by atoms with Gasteiger partial charge in [-0.25, -0.2) is 4.79 Å². The highest BCUT2D eigenvalue weighted by Gasteiger charge is 2.21. The molecule has 3 aromatic rings. The van der Waals surface area contributed by atoms with Crippen molar-refractivity contribution in [1.29, 1.82) is 0 Å². The number of hydrogen-bond acceptors (Lipinski definition) is 4. The fourth-order valence-corrected chi connectivity index (χ4v) is 3.65. The number of anilines is 1. The van der Waals surface area contributed by atoms with Gasteiger partial charge < -0.3 is 10.2 Å². The summed E-state index contributed by atoms with van der Waals surface area (Å²) in [6.07, 6.45) is 3.43. The molecule has 1 N–H and O–H groups in total. The third-order valence-electron chi connectivity index (χ3n) is 5.01. The quantitative estimate of drug-likeness (QED) is 0.668. The number of piperazine rings is 1. The maximum atomic E-state index is 12.5. The molecule has 0 bridgehead atoms. The number of aryl methyl sites for hydroxylation is 1. The second-order valence-electron chi connectivity index (χ2n) is 7.04. The van der Waals surface area contributed by atoms with Crippen LogP contribution in [0.15, 0.2) is 53.3 Å².